The molecule has 1 aromatic carbocycles. The molecule has 1 aromatic rings. The normalized spacial score (nSPS) is 17.9. The third-order valence-corrected chi connectivity index (χ3v) is 3.87. The van der Waals surface area contributed by atoms with E-state index in [1.165, 1.54) is 0 Å². The Morgan fingerprint density at radius 2 is 1.95 bits per heavy atom. The van der Waals surface area contributed by atoms with Crippen LogP contribution in [0.5, 0.6) is 0 Å². The number of hydrogen-bond acceptors (Lipinski definition) is 2. The van der Waals surface area contributed by atoms with Gasteiger partial charge in [-0.05, 0) is 48.8 Å². The molecule has 2 N–H and O–H groups in total. The molecule has 20 heavy (non-hydrogen) atoms. The van der Waals surface area contributed by atoms with Crippen LogP contribution >= 0.6 is 11.6 Å². The van der Waals surface area contributed by atoms with Crippen LogP contribution in [0.4, 0.5) is 0 Å². The van der Waals surface area contributed by atoms with Crippen molar-refractivity contribution in [3.8, 4) is 0 Å². The zero-order valence-electron chi connectivity index (χ0n) is 12.0. The Morgan fingerprint density at radius 3 is 2.45 bits per heavy atom. The van der Waals surface area contributed by atoms with E-state index in [1.54, 1.807) is 0 Å². The van der Waals surface area contributed by atoms with Gasteiger partial charge in [0, 0.05) is 5.02 Å². The first-order valence-electron chi connectivity index (χ1n) is 7.21. The molecule has 0 heterocycles. The highest BCUT2D eigenvalue weighted by Gasteiger charge is 2.34. The van der Waals surface area contributed by atoms with Crippen LogP contribution in [0, 0.1) is 11.8 Å². The molecule has 110 valence electrons. The van der Waals surface area contributed by atoms with Crippen LogP contribution in [0.25, 0.3) is 0 Å². The highest BCUT2D eigenvalue weighted by molar-refractivity contribution is 6.30. The first-order valence-corrected chi connectivity index (χ1v) is 7.59. The number of rotatable bonds is 6. The largest absolute Gasteiger partial charge is 0.383 e. The molecule has 1 aliphatic carbocycles. The minimum absolute atomic E-state index is 0.0124. The molecule has 3 nitrogen and oxygen atoms in total. The molecule has 4 heteroatoms. The van der Waals surface area contributed by atoms with Crippen molar-refractivity contribution in [2.45, 2.75) is 45.3 Å². The maximum atomic E-state index is 12.1. The summed E-state index contributed by atoms with van der Waals surface area (Å²) >= 11 is 5.90. The van der Waals surface area contributed by atoms with Gasteiger partial charge in [0.2, 0.25) is 5.91 Å². The van der Waals surface area contributed by atoms with E-state index in [9.17, 15) is 9.90 Å². The van der Waals surface area contributed by atoms with Gasteiger partial charge < -0.3 is 10.4 Å². The molecule has 1 saturated carbocycles. The van der Waals surface area contributed by atoms with E-state index in [-0.39, 0.29) is 11.9 Å². The third kappa shape index (κ3) is 4.22. The molecule has 2 atom stereocenters. The van der Waals surface area contributed by atoms with Crippen molar-refractivity contribution in [2.24, 2.45) is 11.8 Å². The molecule has 1 amide bonds. The van der Waals surface area contributed by atoms with Gasteiger partial charge in [0.15, 0.2) is 0 Å². The molecule has 0 radical (unpaired) electrons. The number of amides is 1. The van der Waals surface area contributed by atoms with Crippen molar-refractivity contribution in [3.63, 3.8) is 0 Å². The number of halogens is 1. The van der Waals surface area contributed by atoms with E-state index in [1.807, 2.05) is 38.1 Å². The van der Waals surface area contributed by atoms with E-state index in [0.29, 0.717) is 23.3 Å². The number of aliphatic hydroxyl groups excluding tert-OH is 1. The fraction of sp³-hybridized carbons (Fsp3) is 0.562. The first-order chi connectivity index (χ1) is 9.47. The quantitative estimate of drug-likeness (QED) is 0.846. The van der Waals surface area contributed by atoms with E-state index in [4.69, 9.17) is 11.6 Å². The van der Waals surface area contributed by atoms with Gasteiger partial charge in [-0.1, -0.05) is 37.6 Å². The van der Waals surface area contributed by atoms with Crippen LogP contribution in [-0.4, -0.2) is 17.1 Å². The number of nitrogens with one attached hydrogen (secondary N) is 1. The monoisotopic (exact) mass is 295 g/mol. The van der Waals surface area contributed by atoms with Gasteiger partial charge in [-0.25, -0.2) is 0 Å². The van der Waals surface area contributed by atoms with Crippen molar-refractivity contribution in [3.05, 3.63) is 34.9 Å². The minimum atomic E-state index is -0.927. The summed E-state index contributed by atoms with van der Waals surface area (Å²) in [6, 6.07) is 7.55. The number of carbonyl (C=O) groups is 1. The second kappa shape index (κ2) is 6.59. The van der Waals surface area contributed by atoms with Gasteiger partial charge >= 0.3 is 0 Å². The van der Waals surface area contributed by atoms with Crippen LogP contribution in [0.1, 0.15) is 44.7 Å². The van der Waals surface area contributed by atoms with Gasteiger partial charge in [0.1, 0.15) is 6.10 Å². The highest BCUT2D eigenvalue weighted by Crippen LogP contribution is 2.41. The molecule has 0 bridgehead atoms. The number of hydrogen-bond donors (Lipinski definition) is 2. The van der Waals surface area contributed by atoms with Crippen LogP contribution in [0.2, 0.25) is 5.02 Å². The maximum Gasteiger partial charge on any atom is 0.249 e. The molecule has 2 unspecified atom stereocenters. The lowest BCUT2D eigenvalue weighted by atomic mass is 10.0. The zero-order chi connectivity index (χ0) is 14.7. The molecular weight excluding hydrogens is 274 g/mol. The lowest BCUT2D eigenvalue weighted by Gasteiger charge is -2.21. The van der Waals surface area contributed by atoms with Crippen LogP contribution < -0.4 is 5.32 Å². The topological polar surface area (TPSA) is 49.3 Å². The Morgan fingerprint density at radius 1 is 1.35 bits per heavy atom. The molecule has 0 aliphatic heterocycles. The standard InChI is InChI=1S/C16H22ClNO2/c1-10(2)9-14(19)16(20)18-15(11-3-4-11)12-5-7-13(17)8-6-12/h5-8,10-11,14-15,19H,3-4,9H2,1-2H3,(H,18,20). The van der Waals surface area contributed by atoms with Crippen molar-refractivity contribution in [2.75, 3.05) is 0 Å². The summed E-state index contributed by atoms with van der Waals surface area (Å²) in [4.78, 5) is 12.1. The fourth-order valence-corrected chi connectivity index (χ4v) is 2.50. The Bertz CT molecular complexity index is 454. The summed E-state index contributed by atoms with van der Waals surface area (Å²) in [7, 11) is 0. The van der Waals surface area contributed by atoms with Gasteiger partial charge in [-0.2, -0.15) is 0 Å². The Kier molecular flexibility index (Phi) is 5.06. The van der Waals surface area contributed by atoms with E-state index in [0.717, 1.165) is 18.4 Å². The summed E-state index contributed by atoms with van der Waals surface area (Å²) in [5.74, 6) is 0.502. The molecule has 0 spiro atoms. The summed E-state index contributed by atoms with van der Waals surface area (Å²) in [5.41, 5.74) is 1.06. The first kappa shape index (κ1) is 15.3. The third-order valence-electron chi connectivity index (χ3n) is 3.62. The SMILES string of the molecule is CC(C)CC(O)C(=O)NC(c1ccc(Cl)cc1)C1CC1. The second-order valence-electron chi connectivity index (χ2n) is 6.02. The summed E-state index contributed by atoms with van der Waals surface area (Å²) in [6.07, 6.45) is 1.80. The van der Waals surface area contributed by atoms with E-state index >= 15 is 0 Å². The number of carbonyl (C=O) groups excluding carboxylic acids is 1. The number of benzene rings is 1. The highest BCUT2D eigenvalue weighted by atomic mass is 35.5. The van der Waals surface area contributed by atoms with Gasteiger partial charge in [0.25, 0.3) is 0 Å². The van der Waals surface area contributed by atoms with Crippen molar-refractivity contribution in [1.29, 1.82) is 0 Å². The smallest absolute Gasteiger partial charge is 0.249 e. The average molecular weight is 296 g/mol. The van der Waals surface area contributed by atoms with Crippen LogP contribution in [-0.2, 0) is 4.79 Å². The Balaban J connectivity index is 2.03. The molecule has 1 fully saturated rings. The summed E-state index contributed by atoms with van der Waals surface area (Å²) < 4.78 is 0. The lowest BCUT2D eigenvalue weighted by Crippen LogP contribution is -2.38. The van der Waals surface area contributed by atoms with Crippen LogP contribution in [0.3, 0.4) is 0 Å². The molecular formula is C16H22ClNO2. The molecule has 0 aromatic heterocycles. The lowest BCUT2D eigenvalue weighted by molar-refractivity contribution is -0.131. The zero-order valence-corrected chi connectivity index (χ0v) is 12.7. The summed E-state index contributed by atoms with van der Waals surface area (Å²) in [6.45, 7) is 3.99. The second-order valence-corrected chi connectivity index (χ2v) is 6.46. The maximum absolute atomic E-state index is 12.1. The predicted octanol–water partition coefficient (Wildman–Crippen LogP) is 3.31. The average Bonchev–Trinajstić information content (AvgIpc) is 3.20. The predicted molar refractivity (Wildman–Crippen MR) is 80.5 cm³/mol. The number of aliphatic hydroxyl groups is 1. The molecule has 1 aliphatic rings. The van der Waals surface area contributed by atoms with E-state index in [2.05, 4.69) is 5.32 Å². The summed E-state index contributed by atoms with van der Waals surface area (Å²) in [5, 5.41) is 13.6. The fourth-order valence-electron chi connectivity index (χ4n) is 2.38. The Labute approximate surface area is 125 Å². The van der Waals surface area contributed by atoms with Gasteiger partial charge in [0.05, 0.1) is 6.04 Å². The van der Waals surface area contributed by atoms with Crippen molar-refractivity contribution < 1.29 is 9.90 Å². The minimum Gasteiger partial charge on any atom is -0.383 e. The molecule has 0 saturated heterocycles. The van der Waals surface area contributed by atoms with E-state index < -0.39 is 6.10 Å². The van der Waals surface area contributed by atoms with Crippen LogP contribution in [0.15, 0.2) is 24.3 Å². The van der Waals surface area contributed by atoms with Gasteiger partial charge in [-0.3, -0.25) is 4.79 Å². The molecule has 2 rings (SSSR count). The van der Waals surface area contributed by atoms with Crippen molar-refractivity contribution >= 4 is 17.5 Å². The Hall–Kier alpha value is -1.06. The van der Waals surface area contributed by atoms with Gasteiger partial charge in [-0.15, -0.1) is 0 Å². The van der Waals surface area contributed by atoms with Crippen molar-refractivity contribution in [1.82, 2.24) is 5.32 Å².